The fourth-order valence-corrected chi connectivity index (χ4v) is 3.46. The highest BCUT2D eigenvalue weighted by Crippen LogP contribution is 2.23. The summed E-state index contributed by atoms with van der Waals surface area (Å²) in [5.41, 5.74) is 0.289. The predicted molar refractivity (Wildman–Crippen MR) is 117 cm³/mol. The Hall–Kier alpha value is -2.84. The lowest BCUT2D eigenvalue weighted by atomic mass is 10.0. The van der Waals surface area contributed by atoms with Crippen LogP contribution in [-0.4, -0.2) is 65.3 Å². The van der Waals surface area contributed by atoms with E-state index in [0.717, 1.165) is 12.5 Å². The highest BCUT2D eigenvalue weighted by atomic mass is 35.5. The molecule has 0 bridgehead atoms. The summed E-state index contributed by atoms with van der Waals surface area (Å²) in [6, 6.07) is 4.10. The molecule has 0 saturated carbocycles. The summed E-state index contributed by atoms with van der Waals surface area (Å²) >= 11 is 5.81. The number of nitrogens with zero attached hydrogens (tertiary/aromatic N) is 4. The molecule has 0 radical (unpaired) electrons. The lowest BCUT2D eigenvalue weighted by Gasteiger charge is -2.17. The van der Waals surface area contributed by atoms with Gasteiger partial charge in [-0.25, -0.2) is 14.4 Å². The fourth-order valence-electron chi connectivity index (χ4n) is 3.36. The smallest absolute Gasteiger partial charge is 0.253 e. The first kappa shape index (κ1) is 22.8. The zero-order valence-electron chi connectivity index (χ0n) is 17.5. The summed E-state index contributed by atoms with van der Waals surface area (Å²) in [5, 5.41) is 2.97. The molecule has 1 aromatic carbocycles. The Bertz CT molecular complexity index is 965. The molecule has 0 aliphatic carbocycles. The second-order valence-corrected chi connectivity index (χ2v) is 8.21. The second-order valence-electron chi connectivity index (χ2n) is 7.78. The summed E-state index contributed by atoms with van der Waals surface area (Å²) in [4.78, 5) is 36.7. The van der Waals surface area contributed by atoms with Gasteiger partial charge in [-0.15, -0.1) is 0 Å². The molecule has 1 aliphatic heterocycles. The number of carbonyl (C=O) groups is 2. The molecule has 2 aromatic rings. The molecule has 1 aliphatic rings. The maximum absolute atomic E-state index is 14.5. The summed E-state index contributed by atoms with van der Waals surface area (Å²) < 4.78 is 14.5. The first-order chi connectivity index (χ1) is 14.8. The number of halogens is 2. The Morgan fingerprint density at radius 3 is 2.74 bits per heavy atom. The molecule has 1 atom stereocenters. The van der Waals surface area contributed by atoms with Crippen molar-refractivity contribution in [2.75, 3.05) is 39.0 Å². The normalized spacial score (nSPS) is 16.3. The van der Waals surface area contributed by atoms with E-state index in [4.69, 9.17) is 11.6 Å². The summed E-state index contributed by atoms with van der Waals surface area (Å²) in [6.07, 6.45) is 7.64. The molecule has 7 nitrogen and oxygen atoms in total. The third kappa shape index (κ3) is 6.57. The Morgan fingerprint density at radius 2 is 2.06 bits per heavy atom. The average molecular weight is 446 g/mol. The van der Waals surface area contributed by atoms with Crippen LogP contribution in [0.4, 0.5) is 10.1 Å². The van der Waals surface area contributed by atoms with Crippen LogP contribution >= 0.6 is 11.6 Å². The van der Waals surface area contributed by atoms with E-state index < -0.39 is 11.7 Å². The van der Waals surface area contributed by atoms with Crippen molar-refractivity contribution >= 4 is 29.1 Å². The van der Waals surface area contributed by atoms with E-state index in [1.165, 1.54) is 18.2 Å². The van der Waals surface area contributed by atoms with Crippen LogP contribution in [0.5, 0.6) is 0 Å². The molecule has 1 fully saturated rings. The minimum atomic E-state index is -0.648. The number of anilines is 1. The van der Waals surface area contributed by atoms with Crippen molar-refractivity contribution in [2.45, 2.75) is 12.8 Å². The number of hydrogen-bond acceptors (Lipinski definition) is 5. The predicted octanol–water partition coefficient (Wildman–Crippen LogP) is 3.03. The molecule has 0 spiro atoms. The van der Waals surface area contributed by atoms with Crippen molar-refractivity contribution in [3.8, 4) is 0 Å². The third-order valence-electron chi connectivity index (χ3n) is 4.93. The van der Waals surface area contributed by atoms with Crippen molar-refractivity contribution < 1.29 is 14.0 Å². The van der Waals surface area contributed by atoms with Crippen LogP contribution < -0.4 is 5.32 Å². The van der Waals surface area contributed by atoms with E-state index in [-0.39, 0.29) is 23.1 Å². The van der Waals surface area contributed by atoms with Gasteiger partial charge in [0.1, 0.15) is 11.6 Å². The topological polar surface area (TPSA) is 78.4 Å². The third-order valence-corrected chi connectivity index (χ3v) is 5.13. The standard InChI is InChI=1S/C22H25ClFN5O2/c1-28(2)8-3-4-21(30)27-19-6-5-16(11-18(19)24)22(31)29-9-7-15(14-29)10-20-25-12-17(23)13-26-20/h3-6,11-13,15H,7-10,14H2,1-2H3,(H,27,30)/b4-3+/t15-/m0/s1. The molecular weight excluding hydrogens is 421 g/mol. The fraction of sp³-hybridized carbons (Fsp3) is 0.364. The van der Waals surface area contributed by atoms with Crippen LogP contribution in [0.25, 0.3) is 0 Å². The number of likely N-dealkylation sites (N-methyl/N-ethyl adjacent to an activating group) is 1. The van der Waals surface area contributed by atoms with Gasteiger partial charge in [-0.2, -0.15) is 0 Å². The minimum absolute atomic E-state index is 0.0373. The van der Waals surface area contributed by atoms with Gasteiger partial charge in [0.2, 0.25) is 5.91 Å². The molecule has 1 N–H and O–H groups in total. The molecule has 9 heteroatoms. The van der Waals surface area contributed by atoms with Crippen LogP contribution in [0.2, 0.25) is 5.02 Å². The monoisotopic (exact) mass is 445 g/mol. The average Bonchev–Trinajstić information content (AvgIpc) is 3.19. The lowest BCUT2D eigenvalue weighted by Crippen LogP contribution is -2.29. The lowest BCUT2D eigenvalue weighted by molar-refractivity contribution is -0.111. The van der Waals surface area contributed by atoms with E-state index in [0.29, 0.717) is 36.9 Å². The maximum Gasteiger partial charge on any atom is 0.253 e. The maximum atomic E-state index is 14.5. The number of carbonyl (C=O) groups excluding carboxylic acids is 2. The molecule has 1 saturated heterocycles. The first-order valence-corrected chi connectivity index (χ1v) is 10.4. The van der Waals surface area contributed by atoms with Gasteiger partial charge in [0.25, 0.3) is 5.91 Å². The van der Waals surface area contributed by atoms with Crippen molar-refractivity contribution in [3.05, 3.63) is 65.0 Å². The van der Waals surface area contributed by atoms with E-state index in [9.17, 15) is 14.0 Å². The van der Waals surface area contributed by atoms with Crippen molar-refractivity contribution in [1.29, 1.82) is 0 Å². The zero-order valence-corrected chi connectivity index (χ0v) is 18.3. The summed E-state index contributed by atoms with van der Waals surface area (Å²) in [7, 11) is 3.76. The zero-order chi connectivity index (χ0) is 22.4. The number of aromatic nitrogens is 2. The number of nitrogens with one attached hydrogen (secondary N) is 1. The Morgan fingerprint density at radius 1 is 1.32 bits per heavy atom. The van der Waals surface area contributed by atoms with Crippen molar-refractivity contribution in [3.63, 3.8) is 0 Å². The number of rotatable bonds is 7. The first-order valence-electron chi connectivity index (χ1n) is 9.99. The van der Waals surface area contributed by atoms with E-state index in [2.05, 4.69) is 15.3 Å². The van der Waals surface area contributed by atoms with Crippen LogP contribution in [0, 0.1) is 11.7 Å². The van der Waals surface area contributed by atoms with Gasteiger partial charge < -0.3 is 15.1 Å². The number of likely N-dealkylation sites (tertiary alicyclic amines) is 1. The van der Waals surface area contributed by atoms with Gasteiger partial charge in [0, 0.05) is 50.1 Å². The molecular formula is C22H25ClFN5O2. The van der Waals surface area contributed by atoms with Gasteiger partial charge in [-0.3, -0.25) is 9.59 Å². The van der Waals surface area contributed by atoms with Crippen LogP contribution in [-0.2, 0) is 11.2 Å². The molecule has 164 valence electrons. The molecule has 2 heterocycles. The van der Waals surface area contributed by atoms with E-state index >= 15 is 0 Å². The quantitative estimate of drug-likeness (QED) is 0.663. The molecule has 1 aromatic heterocycles. The van der Waals surface area contributed by atoms with Gasteiger partial charge in [0.15, 0.2) is 0 Å². The Kier molecular flexibility index (Phi) is 7.70. The Balaban J connectivity index is 1.57. The minimum Gasteiger partial charge on any atom is -0.338 e. The van der Waals surface area contributed by atoms with E-state index in [1.807, 2.05) is 19.0 Å². The van der Waals surface area contributed by atoms with Crippen molar-refractivity contribution in [1.82, 2.24) is 19.8 Å². The van der Waals surface area contributed by atoms with Crippen LogP contribution in [0.15, 0.2) is 42.7 Å². The van der Waals surface area contributed by atoms with Gasteiger partial charge in [-0.1, -0.05) is 17.7 Å². The van der Waals surface area contributed by atoms with Gasteiger partial charge in [-0.05, 0) is 44.6 Å². The van der Waals surface area contributed by atoms with Gasteiger partial charge >= 0.3 is 0 Å². The number of benzene rings is 1. The van der Waals surface area contributed by atoms with Gasteiger partial charge in [0.05, 0.1) is 10.7 Å². The molecule has 0 unspecified atom stereocenters. The van der Waals surface area contributed by atoms with E-state index in [1.54, 1.807) is 23.4 Å². The second kappa shape index (κ2) is 10.5. The molecule has 3 rings (SSSR count). The summed E-state index contributed by atoms with van der Waals surface area (Å²) in [5.74, 6) is -0.378. The van der Waals surface area contributed by atoms with Crippen LogP contribution in [0.3, 0.4) is 0 Å². The Labute approximate surface area is 185 Å². The number of hydrogen-bond donors (Lipinski definition) is 1. The largest absolute Gasteiger partial charge is 0.338 e. The highest BCUT2D eigenvalue weighted by molar-refractivity contribution is 6.30. The highest BCUT2D eigenvalue weighted by Gasteiger charge is 2.28. The molecule has 31 heavy (non-hydrogen) atoms. The van der Waals surface area contributed by atoms with Crippen LogP contribution in [0.1, 0.15) is 22.6 Å². The number of amides is 2. The van der Waals surface area contributed by atoms with Crippen molar-refractivity contribution in [2.24, 2.45) is 5.92 Å². The summed E-state index contributed by atoms with van der Waals surface area (Å²) in [6.45, 7) is 1.75. The molecule has 2 amide bonds. The SMILES string of the molecule is CN(C)C/C=C/C(=O)Nc1ccc(C(=O)N2CC[C@@H](Cc3ncc(Cl)cn3)C2)cc1F.